The molecule has 0 aromatic heterocycles. The van der Waals surface area contributed by atoms with E-state index < -0.39 is 0 Å². The largest absolute Gasteiger partial charge is 0.384 e. The summed E-state index contributed by atoms with van der Waals surface area (Å²) in [7, 11) is 4.37. The van der Waals surface area contributed by atoms with Crippen molar-refractivity contribution in [2.75, 3.05) is 37.4 Å². The van der Waals surface area contributed by atoms with Crippen molar-refractivity contribution in [1.82, 2.24) is 10.2 Å². The normalized spacial score (nSPS) is 28.5. The summed E-state index contributed by atoms with van der Waals surface area (Å²) >= 11 is 0. The Morgan fingerprint density at radius 2 is 1.76 bits per heavy atom. The lowest BCUT2D eigenvalue weighted by atomic mass is 9.69. The van der Waals surface area contributed by atoms with Crippen molar-refractivity contribution in [1.29, 1.82) is 0 Å². The van der Waals surface area contributed by atoms with E-state index in [2.05, 4.69) is 78.2 Å². The summed E-state index contributed by atoms with van der Waals surface area (Å²) in [6.07, 6.45) is 5.14. The fourth-order valence-electron chi connectivity index (χ4n) is 5.53. The number of rotatable bonds is 3. The number of amides is 2. The highest BCUT2D eigenvalue weighted by Gasteiger charge is 2.50. The monoisotopic (exact) mass is 390 g/mol. The number of nitrogens with zero attached hydrogens (tertiary/aromatic N) is 2. The third-order valence-corrected chi connectivity index (χ3v) is 7.39. The predicted octanol–water partition coefficient (Wildman–Crippen LogP) is 3.95. The molecular formula is C24H30N4O. The Kier molecular flexibility index (Phi) is 4.32. The SMILES string of the molecule is CN(C)[C@]1(c2ccccc2)CC[C@]2(CC1)CN(c1ccc3c(c1)NCC3)C(=O)N2. The Morgan fingerprint density at radius 1 is 1.00 bits per heavy atom. The van der Waals surface area contributed by atoms with Crippen LogP contribution < -0.4 is 15.5 Å². The second-order valence-electron chi connectivity index (χ2n) is 9.11. The minimum Gasteiger partial charge on any atom is -0.384 e. The molecule has 1 spiro atoms. The summed E-state index contributed by atoms with van der Waals surface area (Å²) in [5.41, 5.74) is 4.82. The van der Waals surface area contributed by atoms with Gasteiger partial charge in [-0.1, -0.05) is 36.4 Å². The minimum atomic E-state index is -0.127. The summed E-state index contributed by atoms with van der Waals surface area (Å²) in [4.78, 5) is 17.2. The van der Waals surface area contributed by atoms with E-state index in [4.69, 9.17) is 0 Å². The average Bonchev–Trinajstić information content (AvgIpc) is 3.33. The van der Waals surface area contributed by atoms with Gasteiger partial charge in [0.25, 0.3) is 0 Å². The van der Waals surface area contributed by atoms with Gasteiger partial charge in [-0.15, -0.1) is 0 Å². The number of benzene rings is 2. The second kappa shape index (κ2) is 6.77. The van der Waals surface area contributed by atoms with Gasteiger partial charge in [0.1, 0.15) is 0 Å². The molecule has 0 unspecified atom stereocenters. The Hall–Kier alpha value is -2.53. The highest BCUT2D eigenvalue weighted by Crippen LogP contribution is 2.46. The number of fused-ring (bicyclic) bond motifs is 1. The van der Waals surface area contributed by atoms with E-state index in [1.165, 1.54) is 16.8 Å². The third-order valence-electron chi connectivity index (χ3n) is 7.39. The van der Waals surface area contributed by atoms with E-state index in [0.29, 0.717) is 0 Å². The van der Waals surface area contributed by atoms with Crippen LogP contribution in [-0.2, 0) is 12.0 Å². The number of hydrogen-bond acceptors (Lipinski definition) is 3. The van der Waals surface area contributed by atoms with Crippen molar-refractivity contribution >= 4 is 17.4 Å². The van der Waals surface area contributed by atoms with Crippen LogP contribution in [0.2, 0.25) is 0 Å². The molecule has 2 aliphatic heterocycles. The van der Waals surface area contributed by atoms with Gasteiger partial charge in [0.2, 0.25) is 0 Å². The number of anilines is 2. The van der Waals surface area contributed by atoms with Crippen LogP contribution in [0.1, 0.15) is 36.8 Å². The van der Waals surface area contributed by atoms with Crippen LogP contribution in [-0.4, -0.2) is 43.7 Å². The number of nitrogens with one attached hydrogen (secondary N) is 2. The van der Waals surface area contributed by atoms with E-state index in [0.717, 1.165) is 50.9 Å². The summed E-state index contributed by atoms with van der Waals surface area (Å²) < 4.78 is 0. The highest BCUT2D eigenvalue weighted by molar-refractivity contribution is 5.96. The highest BCUT2D eigenvalue weighted by atomic mass is 16.2. The van der Waals surface area contributed by atoms with Gasteiger partial charge in [0, 0.05) is 23.5 Å². The predicted molar refractivity (Wildman–Crippen MR) is 118 cm³/mol. The van der Waals surface area contributed by atoms with Crippen molar-refractivity contribution < 1.29 is 4.79 Å². The van der Waals surface area contributed by atoms with E-state index in [1.807, 2.05) is 4.90 Å². The molecule has 1 saturated carbocycles. The molecule has 5 rings (SSSR count). The van der Waals surface area contributed by atoms with Crippen molar-refractivity contribution in [3.63, 3.8) is 0 Å². The van der Waals surface area contributed by atoms with Gasteiger partial charge in [0.15, 0.2) is 0 Å². The van der Waals surface area contributed by atoms with Gasteiger partial charge in [-0.3, -0.25) is 9.80 Å². The Morgan fingerprint density at radius 3 is 2.48 bits per heavy atom. The standard InChI is InChI=1S/C24H30N4O/c1-27(2)24(19-6-4-3-5-7-19)13-11-23(12-14-24)17-28(22(29)26-23)20-9-8-18-10-15-25-21(18)16-20/h3-9,16,25H,10-15,17H2,1-2H3,(H,26,29)/t23-,24+. The Labute approximate surface area is 173 Å². The molecule has 2 aromatic carbocycles. The van der Waals surface area contributed by atoms with Crippen LogP contribution in [0, 0.1) is 0 Å². The molecule has 152 valence electrons. The number of hydrogen-bond donors (Lipinski definition) is 2. The maximum Gasteiger partial charge on any atom is 0.322 e. The van der Waals surface area contributed by atoms with Crippen molar-refractivity contribution in [3.05, 3.63) is 59.7 Å². The van der Waals surface area contributed by atoms with Gasteiger partial charge in [-0.2, -0.15) is 0 Å². The smallest absolute Gasteiger partial charge is 0.322 e. The Bertz CT molecular complexity index is 916. The maximum atomic E-state index is 12.9. The first kappa shape index (κ1) is 18.5. The van der Waals surface area contributed by atoms with E-state index in [1.54, 1.807) is 0 Å². The maximum absolute atomic E-state index is 12.9. The van der Waals surface area contributed by atoms with Crippen LogP contribution in [0.3, 0.4) is 0 Å². The summed E-state index contributed by atoms with van der Waals surface area (Å²) in [6.45, 7) is 1.74. The lowest BCUT2D eigenvalue weighted by Crippen LogP contribution is -2.54. The summed E-state index contributed by atoms with van der Waals surface area (Å²) in [6, 6.07) is 17.3. The summed E-state index contributed by atoms with van der Waals surface area (Å²) in [5, 5.41) is 6.79. The molecule has 2 N–H and O–H groups in total. The fourth-order valence-corrected chi connectivity index (χ4v) is 5.53. The Balaban J connectivity index is 1.36. The van der Waals surface area contributed by atoms with E-state index in [9.17, 15) is 4.79 Å². The van der Waals surface area contributed by atoms with Crippen LogP contribution in [0.15, 0.2) is 48.5 Å². The zero-order chi connectivity index (χ0) is 20.1. The molecule has 1 saturated heterocycles. The lowest BCUT2D eigenvalue weighted by Gasteiger charge is -2.48. The molecule has 0 radical (unpaired) electrons. The number of urea groups is 1. The zero-order valence-corrected chi connectivity index (χ0v) is 17.4. The van der Waals surface area contributed by atoms with Gasteiger partial charge in [-0.05, 0) is 69.5 Å². The number of carbonyl (C=O) groups excluding carboxylic acids is 1. The van der Waals surface area contributed by atoms with Crippen molar-refractivity contribution in [3.8, 4) is 0 Å². The minimum absolute atomic E-state index is 0.0417. The molecule has 0 atom stereocenters. The molecule has 5 heteroatoms. The van der Waals surface area contributed by atoms with Crippen molar-refractivity contribution in [2.45, 2.75) is 43.2 Å². The molecule has 5 nitrogen and oxygen atoms in total. The average molecular weight is 391 g/mol. The van der Waals surface area contributed by atoms with Gasteiger partial charge >= 0.3 is 6.03 Å². The van der Waals surface area contributed by atoms with Gasteiger partial charge < -0.3 is 10.6 Å². The summed E-state index contributed by atoms with van der Waals surface area (Å²) in [5.74, 6) is 0. The molecule has 2 heterocycles. The van der Waals surface area contributed by atoms with Crippen LogP contribution >= 0.6 is 0 Å². The molecule has 3 aliphatic rings. The molecule has 0 bridgehead atoms. The topological polar surface area (TPSA) is 47.6 Å². The molecule has 2 fully saturated rings. The molecule has 29 heavy (non-hydrogen) atoms. The molecular weight excluding hydrogens is 360 g/mol. The van der Waals surface area contributed by atoms with E-state index in [-0.39, 0.29) is 17.1 Å². The van der Waals surface area contributed by atoms with Gasteiger partial charge in [0.05, 0.1) is 12.1 Å². The van der Waals surface area contributed by atoms with Crippen LogP contribution in [0.25, 0.3) is 0 Å². The van der Waals surface area contributed by atoms with E-state index >= 15 is 0 Å². The molecule has 1 aliphatic carbocycles. The van der Waals surface area contributed by atoms with Crippen LogP contribution in [0.5, 0.6) is 0 Å². The zero-order valence-electron chi connectivity index (χ0n) is 17.4. The van der Waals surface area contributed by atoms with Gasteiger partial charge in [-0.25, -0.2) is 4.79 Å². The third kappa shape index (κ3) is 2.99. The molecule has 2 aromatic rings. The first-order valence-electron chi connectivity index (χ1n) is 10.7. The number of carbonyl (C=O) groups is 1. The lowest BCUT2D eigenvalue weighted by molar-refractivity contribution is 0.0658. The fraction of sp³-hybridized carbons (Fsp3) is 0.458. The first-order valence-corrected chi connectivity index (χ1v) is 10.7. The molecule has 2 amide bonds. The van der Waals surface area contributed by atoms with Crippen molar-refractivity contribution in [2.24, 2.45) is 0 Å². The van der Waals surface area contributed by atoms with Crippen LogP contribution in [0.4, 0.5) is 16.2 Å². The quantitative estimate of drug-likeness (QED) is 0.834. The first-order chi connectivity index (χ1) is 14.0. The second-order valence-corrected chi connectivity index (χ2v) is 9.11.